The standard InChI is InChI=1S/C13H16FN3O2/c1-13(15,8-18-2)12-16-11(19-17-12)7-9-4-3-5-10(14)6-9/h3-6H,7-8,15H2,1-2H3. The third-order valence-corrected chi connectivity index (χ3v) is 2.67. The van der Waals surface area contributed by atoms with Crippen molar-refractivity contribution < 1.29 is 13.7 Å². The highest BCUT2D eigenvalue weighted by molar-refractivity contribution is 5.19. The summed E-state index contributed by atoms with van der Waals surface area (Å²) in [5.74, 6) is 0.481. The quantitative estimate of drug-likeness (QED) is 0.889. The second-order valence-electron chi connectivity index (χ2n) is 4.67. The van der Waals surface area contributed by atoms with Crippen molar-refractivity contribution in [2.75, 3.05) is 13.7 Å². The minimum Gasteiger partial charge on any atom is -0.382 e. The van der Waals surface area contributed by atoms with Crippen LogP contribution in [0.25, 0.3) is 0 Å². The van der Waals surface area contributed by atoms with Gasteiger partial charge in [-0.1, -0.05) is 17.3 Å². The fourth-order valence-corrected chi connectivity index (χ4v) is 1.74. The second-order valence-corrected chi connectivity index (χ2v) is 4.67. The molecule has 19 heavy (non-hydrogen) atoms. The van der Waals surface area contributed by atoms with Crippen LogP contribution in [0.4, 0.5) is 4.39 Å². The Labute approximate surface area is 110 Å². The summed E-state index contributed by atoms with van der Waals surface area (Å²) in [4.78, 5) is 4.22. The van der Waals surface area contributed by atoms with Crippen molar-refractivity contribution in [3.63, 3.8) is 0 Å². The van der Waals surface area contributed by atoms with Gasteiger partial charge in [-0.05, 0) is 24.6 Å². The Balaban J connectivity index is 2.13. The van der Waals surface area contributed by atoms with E-state index in [-0.39, 0.29) is 12.4 Å². The topological polar surface area (TPSA) is 74.2 Å². The lowest BCUT2D eigenvalue weighted by Gasteiger charge is -2.18. The monoisotopic (exact) mass is 265 g/mol. The molecule has 0 saturated carbocycles. The molecule has 1 aromatic heterocycles. The number of halogens is 1. The number of hydrogen-bond donors (Lipinski definition) is 1. The van der Waals surface area contributed by atoms with Crippen LogP contribution in [0.3, 0.4) is 0 Å². The van der Waals surface area contributed by atoms with Gasteiger partial charge in [0.15, 0.2) is 5.82 Å². The van der Waals surface area contributed by atoms with Gasteiger partial charge in [0.05, 0.1) is 13.0 Å². The molecule has 1 heterocycles. The molecule has 0 amide bonds. The van der Waals surface area contributed by atoms with Crippen LogP contribution in [0.2, 0.25) is 0 Å². The summed E-state index contributed by atoms with van der Waals surface area (Å²) in [7, 11) is 1.55. The average molecular weight is 265 g/mol. The summed E-state index contributed by atoms with van der Waals surface area (Å²) in [6.07, 6.45) is 0.369. The van der Waals surface area contributed by atoms with Gasteiger partial charge < -0.3 is 15.0 Å². The smallest absolute Gasteiger partial charge is 0.231 e. The number of hydrogen-bond acceptors (Lipinski definition) is 5. The molecule has 102 valence electrons. The largest absolute Gasteiger partial charge is 0.382 e. The van der Waals surface area contributed by atoms with Gasteiger partial charge in [0, 0.05) is 7.11 Å². The van der Waals surface area contributed by atoms with Gasteiger partial charge in [-0.25, -0.2) is 4.39 Å². The molecule has 5 nitrogen and oxygen atoms in total. The molecule has 2 aromatic rings. The highest BCUT2D eigenvalue weighted by atomic mass is 19.1. The predicted octanol–water partition coefficient (Wildman–Crippen LogP) is 1.62. The van der Waals surface area contributed by atoms with Crippen molar-refractivity contribution >= 4 is 0 Å². The SMILES string of the molecule is COCC(C)(N)c1noc(Cc2cccc(F)c2)n1. The van der Waals surface area contributed by atoms with E-state index < -0.39 is 5.54 Å². The van der Waals surface area contributed by atoms with E-state index in [1.807, 2.05) is 0 Å². The first-order valence-electron chi connectivity index (χ1n) is 5.86. The van der Waals surface area contributed by atoms with Gasteiger partial charge in [-0.15, -0.1) is 0 Å². The fraction of sp³-hybridized carbons (Fsp3) is 0.385. The Morgan fingerprint density at radius 2 is 2.26 bits per heavy atom. The molecular weight excluding hydrogens is 249 g/mol. The number of methoxy groups -OCH3 is 1. The molecule has 0 bridgehead atoms. The molecule has 0 radical (unpaired) electrons. The van der Waals surface area contributed by atoms with Crippen molar-refractivity contribution in [3.05, 3.63) is 47.4 Å². The Morgan fingerprint density at radius 3 is 2.95 bits per heavy atom. The van der Waals surface area contributed by atoms with Crippen molar-refractivity contribution in [2.24, 2.45) is 5.73 Å². The summed E-state index contributed by atoms with van der Waals surface area (Å²) in [6, 6.07) is 6.25. The molecule has 1 unspecified atom stereocenters. The number of aromatic nitrogens is 2. The summed E-state index contributed by atoms with van der Waals surface area (Å²) >= 11 is 0. The molecule has 0 saturated heterocycles. The third kappa shape index (κ3) is 3.36. The van der Waals surface area contributed by atoms with E-state index in [4.69, 9.17) is 15.0 Å². The lowest BCUT2D eigenvalue weighted by molar-refractivity contribution is 0.135. The molecule has 0 fully saturated rings. The van der Waals surface area contributed by atoms with Crippen molar-refractivity contribution in [2.45, 2.75) is 18.9 Å². The summed E-state index contributed by atoms with van der Waals surface area (Å²) < 4.78 is 23.2. The van der Waals surface area contributed by atoms with E-state index in [0.29, 0.717) is 18.1 Å². The third-order valence-electron chi connectivity index (χ3n) is 2.67. The maximum atomic E-state index is 13.1. The highest BCUT2D eigenvalue weighted by Crippen LogP contribution is 2.16. The molecule has 0 spiro atoms. The molecular formula is C13H16FN3O2. The van der Waals surface area contributed by atoms with Crippen LogP contribution in [0.5, 0.6) is 0 Å². The van der Waals surface area contributed by atoms with E-state index in [1.165, 1.54) is 12.1 Å². The predicted molar refractivity (Wildman–Crippen MR) is 66.9 cm³/mol. The van der Waals surface area contributed by atoms with Crippen LogP contribution >= 0.6 is 0 Å². The zero-order valence-electron chi connectivity index (χ0n) is 10.9. The lowest BCUT2D eigenvalue weighted by Crippen LogP contribution is -2.39. The molecule has 0 aliphatic rings. The molecule has 2 rings (SSSR count). The molecule has 2 N–H and O–H groups in total. The van der Waals surface area contributed by atoms with E-state index in [0.717, 1.165) is 5.56 Å². The molecule has 6 heteroatoms. The number of nitrogens with zero attached hydrogens (tertiary/aromatic N) is 2. The van der Waals surface area contributed by atoms with Gasteiger partial charge in [0.2, 0.25) is 5.89 Å². The van der Waals surface area contributed by atoms with Crippen molar-refractivity contribution in [1.82, 2.24) is 10.1 Å². The van der Waals surface area contributed by atoms with E-state index in [2.05, 4.69) is 10.1 Å². The first-order valence-corrected chi connectivity index (χ1v) is 5.86. The molecule has 1 aromatic carbocycles. The first kappa shape index (κ1) is 13.6. The molecule has 0 aliphatic carbocycles. The van der Waals surface area contributed by atoms with Gasteiger partial charge in [-0.2, -0.15) is 4.98 Å². The van der Waals surface area contributed by atoms with E-state index in [1.54, 1.807) is 26.2 Å². The number of nitrogens with two attached hydrogens (primary N) is 1. The van der Waals surface area contributed by atoms with Gasteiger partial charge in [0.25, 0.3) is 0 Å². The van der Waals surface area contributed by atoms with Crippen LogP contribution in [-0.4, -0.2) is 23.9 Å². The molecule has 0 aliphatic heterocycles. The lowest BCUT2D eigenvalue weighted by atomic mass is 10.1. The summed E-state index contributed by atoms with van der Waals surface area (Å²) in [6.45, 7) is 2.04. The van der Waals surface area contributed by atoms with Crippen molar-refractivity contribution in [3.8, 4) is 0 Å². The Hall–Kier alpha value is -1.79. The first-order chi connectivity index (χ1) is 9.01. The minimum atomic E-state index is -0.807. The highest BCUT2D eigenvalue weighted by Gasteiger charge is 2.27. The number of rotatable bonds is 5. The average Bonchev–Trinajstić information content (AvgIpc) is 2.78. The van der Waals surface area contributed by atoms with Crippen LogP contribution in [0.1, 0.15) is 24.2 Å². The fourth-order valence-electron chi connectivity index (χ4n) is 1.74. The zero-order valence-corrected chi connectivity index (χ0v) is 10.9. The summed E-state index contributed by atoms with van der Waals surface area (Å²) in [5, 5.41) is 3.84. The van der Waals surface area contributed by atoms with Crippen LogP contribution in [-0.2, 0) is 16.7 Å². The maximum Gasteiger partial charge on any atom is 0.231 e. The Morgan fingerprint density at radius 1 is 1.47 bits per heavy atom. The normalized spacial score (nSPS) is 14.3. The van der Waals surface area contributed by atoms with Crippen molar-refractivity contribution in [1.29, 1.82) is 0 Å². The maximum absolute atomic E-state index is 13.1. The molecule has 1 atom stereocenters. The van der Waals surface area contributed by atoms with Gasteiger partial charge >= 0.3 is 0 Å². The summed E-state index contributed by atoms with van der Waals surface area (Å²) in [5.41, 5.74) is 5.97. The van der Waals surface area contributed by atoms with Gasteiger partial charge in [-0.3, -0.25) is 0 Å². The number of benzene rings is 1. The van der Waals surface area contributed by atoms with Crippen LogP contribution in [0, 0.1) is 5.82 Å². The van der Waals surface area contributed by atoms with Gasteiger partial charge in [0.1, 0.15) is 11.4 Å². The Bertz CT molecular complexity index is 554. The number of ether oxygens (including phenoxy) is 1. The van der Waals surface area contributed by atoms with Crippen LogP contribution in [0.15, 0.2) is 28.8 Å². The zero-order chi connectivity index (χ0) is 13.9. The van der Waals surface area contributed by atoms with Crippen LogP contribution < -0.4 is 5.73 Å². The minimum absolute atomic E-state index is 0.284. The second kappa shape index (κ2) is 5.46. The van der Waals surface area contributed by atoms with E-state index in [9.17, 15) is 4.39 Å². The Kier molecular flexibility index (Phi) is 3.92. The van der Waals surface area contributed by atoms with E-state index >= 15 is 0 Å².